The van der Waals surface area contributed by atoms with Crippen LogP contribution in [0.5, 0.6) is 0 Å². The predicted octanol–water partition coefficient (Wildman–Crippen LogP) is 3.17. The standard InChI is InChI=1S/C17H23N5/c1-12-5-2-3-6-15(12)21-17-20-11-14(13-7-8-13)16(22-17)19-10-4-9-18/h2-3,5-6,11,13H,4,7-10,18H2,1H3,(H2,19,20,21,22). The molecular formula is C17H23N5. The Balaban J connectivity index is 1.79. The summed E-state index contributed by atoms with van der Waals surface area (Å²) in [5, 5.41) is 6.71. The monoisotopic (exact) mass is 297 g/mol. The molecular weight excluding hydrogens is 274 g/mol. The van der Waals surface area contributed by atoms with Crippen LogP contribution in [0.15, 0.2) is 30.5 Å². The minimum absolute atomic E-state index is 0.618. The maximum Gasteiger partial charge on any atom is 0.229 e. The average molecular weight is 297 g/mol. The average Bonchev–Trinajstić information content (AvgIpc) is 3.35. The van der Waals surface area contributed by atoms with E-state index in [1.165, 1.54) is 24.0 Å². The highest BCUT2D eigenvalue weighted by Gasteiger charge is 2.27. The quantitative estimate of drug-likeness (QED) is 0.684. The fraction of sp³-hybridized carbons (Fsp3) is 0.412. The van der Waals surface area contributed by atoms with E-state index in [0.717, 1.165) is 24.5 Å². The Bertz CT molecular complexity index is 637. The van der Waals surface area contributed by atoms with Gasteiger partial charge in [-0.15, -0.1) is 0 Å². The molecule has 1 aliphatic rings. The molecule has 0 radical (unpaired) electrons. The van der Waals surface area contributed by atoms with E-state index in [1.807, 2.05) is 24.4 Å². The SMILES string of the molecule is Cc1ccccc1Nc1ncc(C2CC2)c(NCCCN)n1. The molecule has 0 unspecified atom stereocenters. The normalized spacial score (nSPS) is 13.9. The molecule has 3 rings (SSSR count). The minimum atomic E-state index is 0.618. The predicted molar refractivity (Wildman–Crippen MR) is 90.6 cm³/mol. The number of anilines is 3. The maximum atomic E-state index is 5.57. The van der Waals surface area contributed by atoms with Crippen LogP contribution in [0.25, 0.3) is 0 Å². The van der Waals surface area contributed by atoms with Crippen molar-refractivity contribution in [1.82, 2.24) is 9.97 Å². The van der Waals surface area contributed by atoms with Crippen LogP contribution in [-0.4, -0.2) is 23.1 Å². The van der Waals surface area contributed by atoms with Gasteiger partial charge < -0.3 is 16.4 Å². The molecule has 0 amide bonds. The lowest BCUT2D eigenvalue weighted by molar-refractivity contribution is 0.865. The molecule has 0 atom stereocenters. The number of nitrogens with one attached hydrogen (secondary N) is 2. The largest absolute Gasteiger partial charge is 0.370 e. The number of aromatic nitrogens is 2. The van der Waals surface area contributed by atoms with Crippen molar-refractivity contribution in [2.75, 3.05) is 23.7 Å². The van der Waals surface area contributed by atoms with Gasteiger partial charge in [0.25, 0.3) is 0 Å². The summed E-state index contributed by atoms with van der Waals surface area (Å²) in [4.78, 5) is 9.15. The van der Waals surface area contributed by atoms with E-state index < -0.39 is 0 Å². The third kappa shape index (κ3) is 3.54. The van der Waals surface area contributed by atoms with E-state index in [2.05, 4.69) is 33.6 Å². The zero-order valence-electron chi connectivity index (χ0n) is 13.0. The highest BCUT2D eigenvalue weighted by atomic mass is 15.1. The first-order chi connectivity index (χ1) is 10.8. The molecule has 116 valence electrons. The number of nitrogens with zero attached hydrogens (tertiary/aromatic N) is 2. The summed E-state index contributed by atoms with van der Waals surface area (Å²) >= 11 is 0. The molecule has 2 aromatic rings. The van der Waals surface area contributed by atoms with Gasteiger partial charge in [0.05, 0.1) is 0 Å². The Morgan fingerprint density at radius 2 is 2.09 bits per heavy atom. The molecule has 1 saturated carbocycles. The summed E-state index contributed by atoms with van der Waals surface area (Å²) < 4.78 is 0. The molecule has 0 aliphatic heterocycles. The van der Waals surface area contributed by atoms with Gasteiger partial charge in [-0.2, -0.15) is 4.98 Å². The first-order valence-corrected chi connectivity index (χ1v) is 7.91. The second kappa shape index (κ2) is 6.75. The number of rotatable bonds is 7. The van der Waals surface area contributed by atoms with E-state index >= 15 is 0 Å². The molecule has 1 aromatic carbocycles. The highest BCUT2D eigenvalue weighted by molar-refractivity contribution is 5.60. The second-order valence-corrected chi connectivity index (χ2v) is 5.78. The van der Waals surface area contributed by atoms with Crippen molar-refractivity contribution in [2.45, 2.75) is 32.1 Å². The highest BCUT2D eigenvalue weighted by Crippen LogP contribution is 2.42. The summed E-state index contributed by atoms with van der Waals surface area (Å²) in [6, 6.07) is 8.14. The van der Waals surface area contributed by atoms with Crippen LogP contribution in [0, 0.1) is 6.92 Å². The van der Waals surface area contributed by atoms with Crippen molar-refractivity contribution in [3.63, 3.8) is 0 Å². The van der Waals surface area contributed by atoms with Crippen LogP contribution in [0.2, 0.25) is 0 Å². The lowest BCUT2D eigenvalue weighted by Crippen LogP contribution is -2.12. The van der Waals surface area contributed by atoms with Crippen LogP contribution in [0.1, 0.15) is 36.3 Å². The van der Waals surface area contributed by atoms with Gasteiger partial charge in [-0.25, -0.2) is 4.98 Å². The Labute approximate surface area is 131 Å². The molecule has 4 N–H and O–H groups in total. The molecule has 0 spiro atoms. The number of hydrogen-bond donors (Lipinski definition) is 3. The zero-order valence-corrected chi connectivity index (χ0v) is 13.0. The molecule has 1 fully saturated rings. The van der Waals surface area contributed by atoms with Gasteiger partial charge in [-0.05, 0) is 50.3 Å². The molecule has 22 heavy (non-hydrogen) atoms. The van der Waals surface area contributed by atoms with Gasteiger partial charge in [0, 0.05) is 24.0 Å². The number of aryl methyl sites for hydroxylation is 1. The Morgan fingerprint density at radius 3 is 2.82 bits per heavy atom. The van der Waals surface area contributed by atoms with Gasteiger partial charge in [0.1, 0.15) is 5.82 Å². The zero-order chi connectivity index (χ0) is 15.4. The number of hydrogen-bond acceptors (Lipinski definition) is 5. The van der Waals surface area contributed by atoms with Gasteiger partial charge in [-0.1, -0.05) is 18.2 Å². The van der Waals surface area contributed by atoms with Crippen molar-refractivity contribution < 1.29 is 0 Å². The fourth-order valence-corrected chi connectivity index (χ4v) is 2.43. The van der Waals surface area contributed by atoms with Gasteiger partial charge in [-0.3, -0.25) is 0 Å². The van der Waals surface area contributed by atoms with E-state index in [-0.39, 0.29) is 0 Å². The second-order valence-electron chi connectivity index (χ2n) is 5.78. The van der Waals surface area contributed by atoms with Crippen LogP contribution < -0.4 is 16.4 Å². The molecule has 5 heteroatoms. The van der Waals surface area contributed by atoms with E-state index in [4.69, 9.17) is 5.73 Å². The molecule has 1 heterocycles. The van der Waals surface area contributed by atoms with Gasteiger partial charge >= 0.3 is 0 Å². The van der Waals surface area contributed by atoms with Crippen molar-refractivity contribution in [3.8, 4) is 0 Å². The summed E-state index contributed by atoms with van der Waals surface area (Å²) in [6.45, 7) is 3.60. The smallest absolute Gasteiger partial charge is 0.229 e. The maximum absolute atomic E-state index is 5.57. The number of para-hydroxylation sites is 1. The van der Waals surface area contributed by atoms with Crippen molar-refractivity contribution in [3.05, 3.63) is 41.6 Å². The van der Waals surface area contributed by atoms with Crippen molar-refractivity contribution in [2.24, 2.45) is 5.73 Å². The fourth-order valence-electron chi connectivity index (χ4n) is 2.43. The van der Waals surface area contributed by atoms with Gasteiger partial charge in [0.2, 0.25) is 5.95 Å². The first kappa shape index (κ1) is 14.8. The van der Waals surface area contributed by atoms with Crippen molar-refractivity contribution >= 4 is 17.5 Å². The number of nitrogens with two attached hydrogens (primary N) is 1. The van der Waals surface area contributed by atoms with Gasteiger partial charge in [0.15, 0.2) is 0 Å². The minimum Gasteiger partial charge on any atom is -0.370 e. The lowest BCUT2D eigenvalue weighted by Gasteiger charge is -2.13. The topological polar surface area (TPSA) is 75.9 Å². The summed E-state index contributed by atoms with van der Waals surface area (Å²) in [7, 11) is 0. The van der Waals surface area contributed by atoms with E-state index in [9.17, 15) is 0 Å². The van der Waals surface area contributed by atoms with Crippen LogP contribution >= 0.6 is 0 Å². The van der Waals surface area contributed by atoms with Crippen molar-refractivity contribution in [1.29, 1.82) is 0 Å². The van der Waals surface area contributed by atoms with E-state index in [1.54, 1.807) is 0 Å². The third-order valence-corrected chi connectivity index (χ3v) is 3.90. The third-order valence-electron chi connectivity index (χ3n) is 3.90. The Kier molecular flexibility index (Phi) is 4.53. The molecule has 0 saturated heterocycles. The Morgan fingerprint density at radius 1 is 1.27 bits per heavy atom. The summed E-state index contributed by atoms with van der Waals surface area (Å²) in [5.74, 6) is 2.20. The van der Waals surface area contributed by atoms with Crippen LogP contribution in [0.4, 0.5) is 17.5 Å². The summed E-state index contributed by atoms with van der Waals surface area (Å²) in [6.07, 6.45) is 5.36. The first-order valence-electron chi connectivity index (χ1n) is 7.91. The molecule has 1 aromatic heterocycles. The van der Waals surface area contributed by atoms with E-state index in [0.29, 0.717) is 18.4 Å². The lowest BCUT2D eigenvalue weighted by atomic mass is 10.2. The van der Waals surface area contributed by atoms with Crippen LogP contribution in [-0.2, 0) is 0 Å². The molecule has 5 nitrogen and oxygen atoms in total. The number of benzene rings is 1. The van der Waals surface area contributed by atoms with Crippen LogP contribution in [0.3, 0.4) is 0 Å². The Hall–Kier alpha value is -2.14. The molecule has 1 aliphatic carbocycles. The molecule has 0 bridgehead atoms. The summed E-state index contributed by atoms with van der Waals surface area (Å²) in [5.41, 5.74) is 9.01.